The lowest BCUT2D eigenvalue weighted by atomic mass is 10.2. The van der Waals surface area contributed by atoms with Crippen molar-refractivity contribution in [3.63, 3.8) is 0 Å². The third kappa shape index (κ3) is 3.53. The van der Waals surface area contributed by atoms with Crippen LogP contribution in [-0.2, 0) is 4.79 Å². The highest BCUT2D eigenvalue weighted by Gasteiger charge is 2.21. The number of carbonyl (C=O) groups is 2. The van der Waals surface area contributed by atoms with Crippen LogP contribution in [-0.4, -0.2) is 29.8 Å². The molecule has 21 heavy (non-hydrogen) atoms. The summed E-state index contributed by atoms with van der Waals surface area (Å²) in [5.74, 6) is -0.690. The van der Waals surface area contributed by atoms with Gasteiger partial charge in [0.2, 0.25) is 5.91 Å². The fourth-order valence-electron chi connectivity index (χ4n) is 2.11. The molecular formula is C15H19N3O3. The van der Waals surface area contributed by atoms with Crippen molar-refractivity contribution in [3.8, 4) is 0 Å². The number of nitrogens with zero attached hydrogens (tertiary/aromatic N) is 1. The number of anilines is 1. The van der Waals surface area contributed by atoms with Crippen LogP contribution in [0.5, 0.6) is 0 Å². The summed E-state index contributed by atoms with van der Waals surface area (Å²) in [4.78, 5) is 25.0. The maximum atomic E-state index is 12.4. The van der Waals surface area contributed by atoms with Crippen LogP contribution in [0.1, 0.15) is 30.3 Å². The summed E-state index contributed by atoms with van der Waals surface area (Å²) in [5.41, 5.74) is 12.1. The van der Waals surface area contributed by atoms with Gasteiger partial charge in [0.25, 0.3) is 5.91 Å². The molecule has 0 unspecified atom stereocenters. The predicted octanol–water partition coefficient (Wildman–Crippen LogP) is 1.74. The van der Waals surface area contributed by atoms with E-state index in [1.807, 2.05) is 6.92 Å². The average Bonchev–Trinajstić information content (AvgIpc) is 2.85. The number of hydrogen-bond acceptors (Lipinski definition) is 4. The molecule has 0 fully saturated rings. The Kier molecular flexibility index (Phi) is 4.47. The second kappa shape index (κ2) is 6.30. The van der Waals surface area contributed by atoms with Crippen molar-refractivity contribution in [2.24, 2.45) is 5.73 Å². The average molecular weight is 289 g/mol. The molecule has 2 rings (SSSR count). The van der Waals surface area contributed by atoms with Crippen LogP contribution >= 0.6 is 0 Å². The minimum absolute atomic E-state index is 0.113. The number of benzene rings is 1. The Balaban J connectivity index is 2.26. The summed E-state index contributed by atoms with van der Waals surface area (Å²) in [5, 5.41) is 0.757. The van der Waals surface area contributed by atoms with Crippen molar-refractivity contribution in [1.29, 1.82) is 0 Å². The van der Waals surface area contributed by atoms with Gasteiger partial charge in [-0.3, -0.25) is 9.59 Å². The second-order valence-electron chi connectivity index (χ2n) is 4.95. The summed E-state index contributed by atoms with van der Waals surface area (Å²) in [6.07, 6.45) is 1.71. The van der Waals surface area contributed by atoms with E-state index in [1.54, 1.807) is 24.3 Å². The molecule has 0 radical (unpaired) electrons. The minimum Gasteiger partial charge on any atom is -0.451 e. The van der Waals surface area contributed by atoms with Crippen molar-refractivity contribution in [2.45, 2.75) is 19.8 Å². The van der Waals surface area contributed by atoms with Crippen LogP contribution in [0.25, 0.3) is 11.0 Å². The molecule has 0 saturated heterocycles. The van der Waals surface area contributed by atoms with Gasteiger partial charge in [-0.1, -0.05) is 13.3 Å². The van der Waals surface area contributed by atoms with E-state index in [2.05, 4.69) is 0 Å². The monoisotopic (exact) mass is 289 g/mol. The molecule has 2 amide bonds. The summed E-state index contributed by atoms with van der Waals surface area (Å²) < 4.78 is 5.53. The van der Waals surface area contributed by atoms with Gasteiger partial charge in [0.05, 0.1) is 6.54 Å². The molecule has 0 aliphatic rings. The number of unbranched alkanes of at least 4 members (excludes halogenated alkanes) is 1. The molecule has 1 heterocycles. The standard InChI is InChI=1S/C15H19N3O3/c1-2-3-6-18(9-14(17)19)15(20)13-8-10-7-11(16)4-5-12(10)21-13/h4-5,7-8H,2-3,6,9,16H2,1H3,(H2,17,19). The molecule has 0 atom stereocenters. The van der Waals surface area contributed by atoms with Crippen molar-refractivity contribution < 1.29 is 14.0 Å². The molecule has 0 saturated carbocycles. The van der Waals surface area contributed by atoms with Gasteiger partial charge < -0.3 is 20.8 Å². The summed E-state index contributed by atoms with van der Waals surface area (Å²) >= 11 is 0. The molecule has 0 aliphatic heterocycles. The Morgan fingerprint density at radius 2 is 2.05 bits per heavy atom. The van der Waals surface area contributed by atoms with Gasteiger partial charge in [-0.05, 0) is 30.7 Å². The number of amides is 2. The van der Waals surface area contributed by atoms with Gasteiger partial charge in [-0.25, -0.2) is 0 Å². The number of furan rings is 1. The van der Waals surface area contributed by atoms with Gasteiger partial charge in [-0.2, -0.15) is 0 Å². The van der Waals surface area contributed by atoms with Gasteiger partial charge in [0.15, 0.2) is 5.76 Å². The lowest BCUT2D eigenvalue weighted by Crippen LogP contribution is -2.38. The fourth-order valence-corrected chi connectivity index (χ4v) is 2.11. The van der Waals surface area contributed by atoms with E-state index in [0.717, 1.165) is 18.2 Å². The molecule has 0 spiro atoms. The Hall–Kier alpha value is -2.50. The van der Waals surface area contributed by atoms with E-state index in [4.69, 9.17) is 15.9 Å². The quantitative estimate of drug-likeness (QED) is 0.790. The lowest BCUT2D eigenvalue weighted by Gasteiger charge is -2.19. The molecule has 2 aromatic rings. The molecule has 0 aliphatic carbocycles. The first-order valence-electron chi connectivity index (χ1n) is 6.88. The summed E-state index contributed by atoms with van der Waals surface area (Å²) in [6, 6.07) is 6.79. The zero-order valence-corrected chi connectivity index (χ0v) is 12.0. The zero-order valence-electron chi connectivity index (χ0n) is 12.0. The van der Waals surface area contributed by atoms with Crippen molar-refractivity contribution in [1.82, 2.24) is 4.90 Å². The molecule has 1 aromatic heterocycles. The SMILES string of the molecule is CCCCN(CC(N)=O)C(=O)c1cc2cc(N)ccc2o1. The van der Waals surface area contributed by atoms with Gasteiger partial charge in [-0.15, -0.1) is 0 Å². The molecule has 6 heteroatoms. The van der Waals surface area contributed by atoms with E-state index in [-0.39, 0.29) is 18.2 Å². The highest BCUT2D eigenvalue weighted by Crippen LogP contribution is 2.22. The normalized spacial score (nSPS) is 10.7. The molecule has 112 valence electrons. The number of primary amides is 1. The number of nitrogen functional groups attached to an aromatic ring is 1. The van der Waals surface area contributed by atoms with Crippen LogP contribution in [0.3, 0.4) is 0 Å². The van der Waals surface area contributed by atoms with E-state index in [9.17, 15) is 9.59 Å². The topological polar surface area (TPSA) is 103 Å². The molecule has 4 N–H and O–H groups in total. The lowest BCUT2D eigenvalue weighted by molar-refractivity contribution is -0.118. The molecule has 0 bridgehead atoms. The van der Waals surface area contributed by atoms with Crippen LogP contribution in [0.4, 0.5) is 5.69 Å². The third-order valence-corrected chi connectivity index (χ3v) is 3.17. The third-order valence-electron chi connectivity index (χ3n) is 3.17. The molecule has 6 nitrogen and oxygen atoms in total. The first-order valence-corrected chi connectivity index (χ1v) is 6.88. The maximum absolute atomic E-state index is 12.4. The maximum Gasteiger partial charge on any atom is 0.290 e. The van der Waals surface area contributed by atoms with Crippen LogP contribution in [0.2, 0.25) is 0 Å². The number of fused-ring (bicyclic) bond motifs is 1. The van der Waals surface area contributed by atoms with Gasteiger partial charge >= 0.3 is 0 Å². The Bertz CT molecular complexity index is 663. The summed E-state index contributed by atoms with van der Waals surface area (Å²) in [7, 11) is 0. The van der Waals surface area contributed by atoms with E-state index >= 15 is 0 Å². The van der Waals surface area contributed by atoms with Crippen molar-refractivity contribution >= 4 is 28.5 Å². The van der Waals surface area contributed by atoms with Crippen molar-refractivity contribution in [3.05, 3.63) is 30.0 Å². The first kappa shape index (κ1) is 14.9. The van der Waals surface area contributed by atoms with E-state index < -0.39 is 5.91 Å². The van der Waals surface area contributed by atoms with Crippen LogP contribution < -0.4 is 11.5 Å². The highest BCUT2D eigenvalue weighted by molar-refractivity contribution is 5.98. The molecular weight excluding hydrogens is 270 g/mol. The smallest absolute Gasteiger partial charge is 0.290 e. The Labute approximate surface area is 122 Å². The second-order valence-corrected chi connectivity index (χ2v) is 4.95. The number of hydrogen-bond donors (Lipinski definition) is 2. The van der Waals surface area contributed by atoms with E-state index in [0.29, 0.717) is 17.8 Å². The summed E-state index contributed by atoms with van der Waals surface area (Å²) in [6.45, 7) is 2.37. The Morgan fingerprint density at radius 3 is 2.71 bits per heavy atom. The minimum atomic E-state index is -0.542. The van der Waals surface area contributed by atoms with Crippen LogP contribution in [0.15, 0.2) is 28.7 Å². The Morgan fingerprint density at radius 1 is 1.29 bits per heavy atom. The largest absolute Gasteiger partial charge is 0.451 e. The zero-order chi connectivity index (χ0) is 15.4. The molecule has 1 aromatic carbocycles. The van der Waals surface area contributed by atoms with Gasteiger partial charge in [0.1, 0.15) is 5.58 Å². The fraction of sp³-hybridized carbons (Fsp3) is 0.333. The highest BCUT2D eigenvalue weighted by atomic mass is 16.3. The van der Waals surface area contributed by atoms with Crippen LogP contribution in [0, 0.1) is 0 Å². The first-order chi connectivity index (χ1) is 10.0. The number of nitrogens with two attached hydrogens (primary N) is 2. The van der Waals surface area contributed by atoms with Gasteiger partial charge in [0, 0.05) is 17.6 Å². The van der Waals surface area contributed by atoms with Crippen molar-refractivity contribution in [2.75, 3.05) is 18.8 Å². The number of carbonyl (C=O) groups excluding carboxylic acids is 2. The van der Waals surface area contributed by atoms with E-state index in [1.165, 1.54) is 4.90 Å². The number of rotatable bonds is 6. The predicted molar refractivity (Wildman–Crippen MR) is 80.6 cm³/mol.